The summed E-state index contributed by atoms with van der Waals surface area (Å²) >= 11 is 0. The number of rotatable bonds is 4. The first kappa shape index (κ1) is 15.2. The quantitative estimate of drug-likeness (QED) is 0.425. The van der Waals surface area contributed by atoms with E-state index in [4.69, 9.17) is 0 Å². The topological polar surface area (TPSA) is 17.8 Å². The Morgan fingerprint density at radius 1 is 0.880 bits per heavy atom. The molecule has 0 spiro atoms. The van der Waals surface area contributed by atoms with E-state index >= 15 is 0 Å². The Morgan fingerprint density at radius 3 is 2.40 bits per heavy atom. The molecule has 0 atom stereocenters. The summed E-state index contributed by atoms with van der Waals surface area (Å²) in [5.74, 6) is 0. The highest BCUT2D eigenvalue weighted by atomic mass is 15.0. The molecule has 0 aliphatic carbocycles. The average molecular weight is 322 g/mol. The molecule has 2 heteroatoms. The molecule has 0 radical (unpaired) electrons. The van der Waals surface area contributed by atoms with Crippen LogP contribution in [0.15, 0.2) is 98.2 Å². The number of hydrogen-bond donors (Lipinski definition) is 0. The molecule has 0 amide bonds. The summed E-state index contributed by atoms with van der Waals surface area (Å²) in [4.78, 5) is 4.58. The highest BCUT2D eigenvalue weighted by molar-refractivity contribution is 6.06. The molecule has 4 rings (SSSR count). The Morgan fingerprint density at radius 2 is 1.64 bits per heavy atom. The zero-order valence-corrected chi connectivity index (χ0v) is 13.9. The summed E-state index contributed by atoms with van der Waals surface area (Å²) in [5, 5.41) is 1.17. The molecule has 0 N–H and O–H groups in total. The van der Waals surface area contributed by atoms with Crippen molar-refractivity contribution in [3.8, 4) is 5.69 Å². The lowest BCUT2D eigenvalue weighted by Crippen LogP contribution is -1.94. The second-order valence-corrected chi connectivity index (χ2v) is 5.83. The minimum atomic E-state index is 1.03. The fraction of sp³-hybridized carbons (Fsp3) is 0. The molecule has 120 valence electrons. The number of hydrogen-bond acceptors (Lipinski definition) is 1. The summed E-state index contributed by atoms with van der Waals surface area (Å²) in [7, 11) is 0. The molecule has 4 aromatic rings. The molecular formula is C23H18N2. The second kappa shape index (κ2) is 6.25. The molecule has 0 fully saturated rings. The summed E-state index contributed by atoms with van der Waals surface area (Å²) in [6, 6.07) is 21.0. The third-order valence-electron chi connectivity index (χ3n) is 4.40. The number of benzene rings is 2. The van der Waals surface area contributed by atoms with Gasteiger partial charge in [-0.05, 0) is 41.5 Å². The minimum absolute atomic E-state index is 1.03. The second-order valence-electron chi connectivity index (χ2n) is 5.83. The maximum absolute atomic E-state index is 4.58. The van der Waals surface area contributed by atoms with Crippen LogP contribution in [-0.4, -0.2) is 9.55 Å². The molecular weight excluding hydrogens is 304 g/mol. The van der Waals surface area contributed by atoms with Crippen molar-refractivity contribution in [3.05, 3.63) is 104 Å². The minimum Gasteiger partial charge on any atom is -0.308 e. The fourth-order valence-electron chi connectivity index (χ4n) is 3.27. The van der Waals surface area contributed by atoms with Gasteiger partial charge in [0.1, 0.15) is 0 Å². The number of fused-ring (bicyclic) bond motifs is 3. The van der Waals surface area contributed by atoms with E-state index in [0.29, 0.717) is 0 Å². The molecule has 0 saturated heterocycles. The van der Waals surface area contributed by atoms with Crippen LogP contribution in [0, 0.1) is 0 Å². The Bertz CT molecular complexity index is 1060. The van der Waals surface area contributed by atoms with Crippen molar-refractivity contribution in [1.82, 2.24) is 9.55 Å². The third kappa shape index (κ3) is 2.48. The van der Waals surface area contributed by atoms with Crippen LogP contribution in [0.2, 0.25) is 0 Å². The van der Waals surface area contributed by atoms with E-state index in [1.807, 2.05) is 24.4 Å². The molecule has 0 unspecified atom stereocenters. The van der Waals surface area contributed by atoms with E-state index in [2.05, 4.69) is 77.3 Å². The molecule has 0 bridgehead atoms. The van der Waals surface area contributed by atoms with Crippen molar-refractivity contribution in [2.75, 3.05) is 0 Å². The van der Waals surface area contributed by atoms with Gasteiger partial charge >= 0.3 is 0 Å². The maximum atomic E-state index is 4.58. The van der Waals surface area contributed by atoms with Crippen LogP contribution in [0.4, 0.5) is 0 Å². The van der Waals surface area contributed by atoms with Gasteiger partial charge in [0.25, 0.3) is 0 Å². The highest BCUT2D eigenvalue weighted by Gasteiger charge is 2.12. The van der Waals surface area contributed by atoms with Crippen LogP contribution in [-0.2, 0) is 0 Å². The van der Waals surface area contributed by atoms with E-state index in [1.165, 1.54) is 5.39 Å². The van der Waals surface area contributed by atoms with Crippen molar-refractivity contribution < 1.29 is 0 Å². The van der Waals surface area contributed by atoms with E-state index in [9.17, 15) is 0 Å². The maximum Gasteiger partial charge on any atom is 0.0963 e. The van der Waals surface area contributed by atoms with Gasteiger partial charge < -0.3 is 4.57 Å². The van der Waals surface area contributed by atoms with Crippen LogP contribution in [0.25, 0.3) is 33.2 Å². The molecule has 2 nitrogen and oxygen atoms in total. The monoisotopic (exact) mass is 322 g/mol. The Hall–Kier alpha value is -3.39. The van der Waals surface area contributed by atoms with Gasteiger partial charge in [-0.3, -0.25) is 4.98 Å². The van der Waals surface area contributed by atoms with Gasteiger partial charge in [0.15, 0.2) is 0 Å². The van der Waals surface area contributed by atoms with Crippen molar-refractivity contribution in [1.29, 1.82) is 0 Å². The normalized spacial score (nSPS) is 11.8. The van der Waals surface area contributed by atoms with Crippen molar-refractivity contribution in [2.24, 2.45) is 0 Å². The largest absolute Gasteiger partial charge is 0.308 e. The Kier molecular flexibility index (Phi) is 3.79. The van der Waals surface area contributed by atoms with Crippen molar-refractivity contribution in [2.45, 2.75) is 0 Å². The predicted molar refractivity (Wildman–Crippen MR) is 107 cm³/mol. The van der Waals surface area contributed by atoms with Gasteiger partial charge in [0, 0.05) is 17.3 Å². The van der Waals surface area contributed by atoms with Crippen LogP contribution < -0.4 is 0 Å². The Labute approximate surface area is 147 Å². The molecule has 0 saturated carbocycles. The van der Waals surface area contributed by atoms with E-state index < -0.39 is 0 Å². The van der Waals surface area contributed by atoms with E-state index in [0.717, 1.165) is 33.4 Å². The van der Waals surface area contributed by atoms with E-state index in [1.54, 1.807) is 6.08 Å². The number of pyridine rings is 1. The fourth-order valence-corrected chi connectivity index (χ4v) is 3.27. The highest BCUT2D eigenvalue weighted by Crippen LogP contribution is 2.30. The molecule has 2 aromatic heterocycles. The Balaban J connectivity index is 1.94. The van der Waals surface area contributed by atoms with Gasteiger partial charge in [0.2, 0.25) is 0 Å². The average Bonchev–Trinajstić information content (AvgIpc) is 3.01. The summed E-state index contributed by atoms with van der Waals surface area (Å²) in [5.41, 5.74) is 6.60. The molecule has 0 aliphatic heterocycles. The lowest BCUT2D eigenvalue weighted by atomic mass is 10.1. The molecule has 2 heterocycles. The van der Waals surface area contributed by atoms with E-state index in [-0.39, 0.29) is 0 Å². The lowest BCUT2D eigenvalue weighted by molar-refractivity contribution is 1.17. The molecule has 25 heavy (non-hydrogen) atoms. The van der Waals surface area contributed by atoms with Crippen LogP contribution in [0.1, 0.15) is 5.56 Å². The summed E-state index contributed by atoms with van der Waals surface area (Å²) in [6.07, 6.45) is 7.44. The first-order valence-electron chi connectivity index (χ1n) is 8.23. The zero-order chi connectivity index (χ0) is 17.2. The first-order valence-corrected chi connectivity index (χ1v) is 8.23. The van der Waals surface area contributed by atoms with Crippen molar-refractivity contribution in [3.63, 3.8) is 0 Å². The predicted octanol–water partition coefficient (Wildman–Crippen LogP) is 5.93. The number of aromatic nitrogens is 2. The SMILES string of the molecule is C=C/C=C(\C=C)c1ccc(-n2c3ccccc3c3ncccc32)cc1. The zero-order valence-electron chi connectivity index (χ0n) is 13.9. The van der Waals surface area contributed by atoms with Gasteiger partial charge in [0.05, 0.1) is 16.6 Å². The first-order chi connectivity index (χ1) is 12.3. The van der Waals surface area contributed by atoms with Gasteiger partial charge in [-0.1, -0.05) is 61.7 Å². The smallest absolute Gasteiger partial charge is 0.0963 e. The van der Waals surface area contributed by atoms with Crippen LogP contribution in [0.5, 0.6) is 0 Å². The summed E-state index contributed by atoms with van der Waals surface area (Å²) < 4.78 is 2.26. The van der Waals surface area contributed by atoms with Gasteiger partial charge in [-0.25, -0.2) is 0 Å². The van der Waals surface area contributed by atoms with Gasteiger partial charge in [-0.15, -0.1) is 0 Å². The van der Waals surface area contributed by atoms with Gasteiger partial charge in [-0.2, -0.15) is 0 Å². The van der Waals surface area contributed by atoms with Crippen LogP contribution in [0.3, 0.4) is 0 Å². The summed E-state index contributed by atoms with van der Waals surface area (Å²) in [6.45, 7) is 7.65. The van der Waals surface area contributed by atoms with Crippen LogP contribution >= 0.6 is 0 Å². The third-order valence-corrected chi connectivity index (χ3v) is 4.40. The lowest BCUT2D eigenvalue weighted by Gasteiger charge is -2.09. The number of nitrogens with zero attached hydrogens (tertiary/aromatic N) is 2. The number of para-hydroxylation sites is 1. The van der Waals surface area contributed by atoms with Crippen molar-refractivity contribution >= 4 is 27.5 Å². The molecule has 0 aliphatic rings. The number of allylic oxidation sites excluding steroid dienone is 4. The standard InChI is InChI=1S/C23H18N2/c1-3-8-17(4-2)18-12-14-19(15-13-18)25-21-10-6-5-9-20(21)23-22(25)11-7-16-24-23/h3-16H,1-2H2/b17-8+. The molecule has 2 aromatic carbocycles.